The van der Waals surface area contributed by atoms with Gasteiger partial charge in [-0.15, -0.1) is 0 Å². The second-order valence-corrected chi connectivity index (χ2v) is 6.34. The molecule has 26 heavy (non-hydrogen) atoms. The largest absolute Gasteiger partial charge is 0.347 e. The van der Waals surface area contributed by atoms with Crippen LogP contribution in [-0.2, 0) is 6.54 Å². The number of carbonyl (C=O) groups excluding carboxylic acids is 1. The van der Waals surface area contributed by atoms with E-state index in [0.717, 1.165) is 16.8 Å². The smallest absolute Gasteiger partial charge is 0.270 e. The second-order valence-electron chi connectivity index (χ2n) is 5.94. The Balaban J connectivity index is 1.71. The minimum absolute atomic E-state index is 0.281. The summed E-state index contributed by atoms with van der Waals surface area (Å²) < 4.78 is 0. The van der Waals surface area contributed by atoms with E-state index in [0.29, 0.717) is 23.1 Å². The number of hydrogen-bond donors (Lipinski definition) is 2. The molecular formula is C20H19ClN4O. The summed E-state index contributed by atoms with van der Waals surface area (Å²) in [4.78, 5) is 20.6. The first-order chi connectivity index (χ1) is 12.5. The number of hydrogen-bond acceptors (Lipinski definition) is 4. The monoisotopic (exact) mass is 366 g/mol. The fourth-order valence-electron chi connectivity index (χ4n) is 2.48. The van der Waals surface area contributed by atoms with Gasteiger partial charge in [0, 0.05) is 23.3 Å². The molecule has 0 fully saturated rings. The third kappa shape index (κ3) is 4.18. The van der Waals surface area contributed by atoms with Crippen molar-refractivity contribution in [3.63, 3.8) is 0 Å². The molecule has 2 N–H and O–H groups in total. The topological polar surface area (TPSA) is 66.9 Å². The van der Waals surface area contributed by atoms with Crippen LogP contribution >= 0.6 is 11.6 Å². The van der Waals surface area contributed by atoms with E-state index in [2.05, 4.69) is 20.6 Å². The predicted octanol–water partition coefficient (Wildman–Crippen LogP) is 4.42. The van der Waals surface area contributed by atoms with E-state index in [4.69, 9.17) is 11.6 Å². The number of amides is 1. The first kappa shape index (κ1) is 17.9. The van der Waals surface area contributed by atoms with Crippen molar-refractivity contribution in [1.82, 2.24) is 15.3 Å². The summed E-state index contributed by atoms with van der Waals surface area (Å²) in [7, 11) is 0. The zero-order valence-corrected chi connectivity index (χ0v) is 15.3. The molecule has 3 rings (SSSR count). The minimum Gasteiger partial charge on any atom is -0.347 e. The van der Waals surface area contributed by atoms with Crippen LogP contribution < -0.4 is 10.6 Å². The van der Waals surface area contributed by atoms with Crippen LogP contribution in [0.4, 0.5) is 11.5 Å². The first-order valence-corrected chi connectivity index (χ1v) is 8.59. The molecule has 0 atom stereocenters. The Morgan fingerprint density at radius 2 is 1.88 bits per heavy atom. The van der Waals surface area contributed by atoms with Gasteiger partial charge in [0.15, 0.2) is 0 Å². The molecule has 6 heteroatoms. The van der Waals surface area contributed by atoms with E-state index in [1.165, 1.54) is 11.9 Å². The molecule has 0 unspecified atom stereocenters. The van der Waals surface area contributed by atoms with Crippen LogP contribution in [0.1, 0.15) is 27.2 Å². The van der Waals surface area contributed by atoms with Crippen molar-refractivity contribution in [1.29, 1.82) is 0 Å². The van der Waals surface area contributed by atoms with Gasteiger partial charge in [0.1, 0.15) is 17.8 Å². The Kier molecular flexibility index (Phi) is 5.49. The van der Waals surface area contributed by atoms with Gasteiger partial charge in [-0.25, -0.2) is 9.97 Å². The first-order valence-electron chi connectivity index (χ1n) is 8.21. The average Bonchev–Trinajstić information content (AvgIpc) is 2.65. The zero-order valence-electron chi connectivity index (χ0n) is 14.6. The van der Waals surface area contributed by atoms with Gasteiger partial charge in [0.25, 0.3) is 5.91 Å². The highest BCUT2D eigenvalue weighted by molar-refractivity contribution is 6.31. The Hall–Kier alpha value is -2.92. The molecule has 1 heterocycles. The molecule has 0 aliphatic heterocycles. The summed E-state index contributed by atoms with van der Waals surface area (Å²) in [5.41, 5.74) is 4.41. The Labute approximate surface area is 157 Å². The fourth-order valence-corrected chi connectivity index (χ4v) is 2.68. The Morgan fingerprint density at radius 1 is 1.08 bits per heavy atom. The maximum absolute atomic E-state index is 12.4. The van der Waals surface area contributed by atoms with Crippen molar-refractivity contribution in [2.24, 2.45) is 0 Å². The van der Waals surface area contributed by atoms with E-state index < -0.39 is 0 Å². The average molecular weight is 367 g/mol. The van der Waals surface area contributed by atoms with Crippen molar-refractivity contribution >= 4 is 29.0 Å². The van der Waals surface area contributed by atoms with E-state index in [1.807, 2.05) is 50.2 Å². The van der Waals surface area contributed by atoms with E-state index in [9.17, 15) is 4.79 Å². The normalized spacial score (nSPS) is 10.4. The third-order valence-corrected chi connectivity index (χ3v) is 4.53. The third-order valence-electron chi connectivity index (χ3n) is 4.16. The van der Waals surface area contributed by atoms with Crippen LogP contribution in [0.5, 0.6) is 0 Å². The summed E-state index contributed by atoms with van der Waals surface area (Å²) in [6, 6.07) is 15.0. The van der Waals surface area contributed by atoms with Gasteiger partial charge in [0.05, 0.1) is 0 Å². The van der Waals surface area contributed by atoms with E-state index >= 15 is 0 Å². The van der Waals surface area contributed by atoms with Crippen molar-refractivity contribution in [3.8, 4) is 0 Å². The lowest BCUT2D eigenvalue weighted by molar-refractivity contribution is 0.0946. The highest BCUT2D eigenvalue weighted by Gasteiger charge is 2.10. The number of nitrogens with zero attached hydrogens (tertiary/aromatic N) is 2. The molecule has 0 bridgehead atoms. The van der Waals surface area contributed by atoms with Crippen LogP contribution in [0.3, 0.4) is 0 Å². The molecule has 0 spiro atoms. The molecule has 3 aromatic rings. The lowest BCUT2D eigenvalue weighted by atomic mass is 10.1. The molecule has 1 amide bonds. The van der Waals surface area contributed by atoms with E-state index in [1.54, 1.807) is 12.1 Å². The van der Waals surface area contributed by atoms with Crippen LogP contribution in [-0.4, -0.2) is 15.9 Å². The van der Waals surface area contributed by atoms with Crippen molar-refractivity contribution in [2.75, 3.05) is 5.32 Å². The number of rotatable bonds is 5. The van der Waals surface area contributed by atoms with Crippen molar-refractivity contribution < 1.29 is 4.79 Å². The molecule has 0 saturated carbocycles. The quantitative estimate of drug-likeness (QED) is 0.701. The van der Waals surface area contributed by atoms with Gasteiger partial charge < -0.3 is 10.6 Å². The molecular weight excluding hydrogens is 348 g/mol. The number of aromatic nitrogens is 2. The zero-order chi connectivity index (χ0) is 18.5. The van der Waals surface area contributed by atoms with Gasteiger partial charge in [-0.3, -0.25) is 4.79 Å². The number of carbonyl (C=O) groups is 1. The SMILES string of the molecule is Cc1cccc(Nc2cc(C(=O)NCc3ccccc3Cl)ncn2)c1C. The predicted molar refractivity (Wildman–Crippen MR) is 104 cm³/mol. The summed E-state index contributed by atoms with van der Waals surface area (Å²) >= 11 is 6.11. The van der Waals surface area contributed by atoms with Crippen LogP contribution in [0, 0.1) is 13.8 Å². The van der Waals surface area contributed by atoms with E-state index in [-0.39, 0.29) is 5.91 Å². The van der Waals surface area contributed by atoms with Gasteiger partial charge >= 0.3 is 0 Å². The highest BCUT2D eigenvalue weighted by Crippen LogP contribution is 2.21. The molecule has 5 nitrogen and oxygen atoms in total. The lowest BCUT2D eigenvalue weighted by Gasteiger charge is -2.11. The summed E-state index contributed by atoms with van der Waals surface area (Å²) in [5.74, 6) is 0.285. The van der Waals surface area contributed by atoms with Gasteiger partial charge in [0.2, 0.25) is 0 Å². The molecule has 0 aliphatic carbocycles. The van der Waals surface area contributed by atoms with Gasteiger partial charge in [-0.05, 0) is 42.7 Å². The Bertz CT molecular complexity index is 943. The standard InChI is InChI=1S/C20H19ClN4O/c1-13-6-5-9-17(14(13)2)25-19-10-18(23-12-24-19)20(26)22-11-15-7-3-4-8-16(15)21/h3-10,12H,11H2,1-2H3,(H,22,26)(H,23,24,25). The fraction of sp³-hybridized carbons (Fsp3) is 0.150. The maximum atomic E-state index is 12.4. The number of nitrogens with one attached hydrogen (secondary N) is 2. The number of anilines is 2. The molecule has 0 radical (unpaired) electrons. The van der Waals surface area contributed by atoms with Gasteiger partial charge in [-0.2, -0.15) is 0 Å². The molecule has 2 aromatic carbocycles. The number of halogens is 1. The lowest BCUT2D eigenvalue weighted by Crippen LogP contribution is -2.24. The summed E-state index contributed by atoms with van der Waals surface area (Å²) in [6.07, 6.45) is 1.37. The number of aryl methyl sites for hydroxylation is 1. The summed E-state index contributed by atoms with van der Waals surface area (Å²) in [5, 5.41) is 6.68. The molecule has 132 valence electrons. The molecule has 1 aromatic heterocycles. The second kappa shape index (κ2) is 7.97. The number of benzene rings is 2. The van der Waals surface area contributed by atoms with Crippen LogP contribution in [0.2, 0.25) is 5.02 Å². The van der Waals surface area contributed by atoms with Crippen LogP contribution in [0.25, 0.3) is 0 Å². The minimum atomic E-state index is -0.281. The Morgan fingerprint density at radius 3 is 2.69 bits per heavy atom. The van der Waals surface area contributed by atoms with Crippen LogP contribution in [0.15, 0.2) is 54.9 Å². The summed E-state index contributed by atoms with van der Waals surface area (Å²) in [6.45, 7) is 4.42. The highest BCUT2D eigenvalue weighted by atomic mass is 35.5. The molecule has 0 saturated heterocycles. The molecule has 0 aliphatic rings. The van der Waals surface area contributed by atoms with Crippen molar-refractivity contribution in [3.05, 3.63) is 82.3 Å². The maximum Gasteiger partial charge on any atom is 0.270 e. The van der Waals surface area contributed by atoms with Crippen molar-refractivity contribution in [2.45, 2.75) is 20.4 Å². The van der Waals surface area contributed by atoms with Gasteiger partial charge in [-0.1, -0.05) is 41.9 Å².